The highest BCUT2D eigenvalue weighted by Gasteiger charge is 2.24. The molecule has 1 saturated heterocycles. The molecule has 1 aliphatic rings. The van der Waals surface area contributed by atoms with E-state index in [0.717, 1.165) is 11.8 Å². The summed E-state index contributed by atoms with van der Waals surface area (Å²) < 4.78 is 0. The van der Waals surface area contributed by atoms with Gasteiger partial charge in [0.1, 0.15) is 6.54 Å². The summed E-state index contributed by atoms with van der Waals surface area (Å²) in [5, 5.41) is 20.3. The molecule has 0 aliphatic carbocycles. The average molecular weight is 372 g/mol. The van der Waals surface area contributed by atoms with Gasteiger partial charge in [0.15, 0.2) is 5.11 Å². The van der Waals surface area contributed by atoms with Crippen LogP contribution in [0.25, 0.3) is 0 Å². The van der Waals surface area contributed by atoms with Gasteiger partial charge in [0.2, 0.25) is 5.91 Å². The molecule has 1 amide bonds. The summed E-state index contributed by atoms with van der Waals surface area (Å²) in [6.07, 6.45) is 0. The number of hydrogen-bond acceptors (Lipinski definition) is 4. The number of amides is 1. The second kappa shape index (κ2) is 8.21. The maximum atomic E-state index is 11.0. The third kappa shape index (κ3) is 4.64. The normalized spacial score (nSPS) is 12.9. The van der Waals surface area contributed by atoms with Crippen molar-refractivity contribution in [2.45, 2.75) is 6.92 Å². The van der Waals surface area contributed by atoms with Crippen LogP contribution in [-0.4, -0.2) is 39.7 Å². The predicted octanol–water partition coefficient (Wildman–Crippen LogP) is 2.30. The van der Waals surface area contributed by atoms with E-state index in [2.05, 4.69) is 5.32 Å². The minimum Gasteiger partial charge on any atom is -0.478 e. The van der Waals surface area contributed by atoms with Crippen molar-refractivity contribution in [3.05, 3.63) is 65.2 Å². The summed E-state index contributed by atoms with van der Waals surface area (Å²) >= 11 is 4.99. The molecule has 8 heteroatoms. The average Bonchev–Trinajstić information content (AvgIpc) is 2.94. The van der Waals surface area contributed by atoms with Crippen molar-refractivity contribution in [2.24, 2.45) is 0 Å². The quantitative estimate of drug-likeness (QED) is 0.710. The van der Waals surface area contributed by atoms with E-state index in [1.54, 1.807) is 11.8 Å². The van der Waals surface area contributed by atoms with E-state index in [-0.39, 0.29) is 17.0 Å². The molecule has 134 valence electrons. The first-order valence-electron chi connectivity index (χ1n) is 7.53. The molecular weight excluding hydrogens is 356 g/mol. The minimum atomic E-state index is -1.12. The fraction of sp³-hybridized carbons (Fsp3) is 0.111. The van der Waals surface area contributed by atoms with Crippen LogP contribution >= 0.6 is 12.2 Å². The molecule has 2 aromatic rings. The number of carboxylic acid groups (broad SMARTS) is 2. The highest BCUT2D eigenvalue weighted by atomic mass is 32.1. The van der Waals surface area contributed by atoms with E-state index < -0.39 is 11.9 Å². The third-order valence-electron chi connectivity index (χ3n) is 3.58. The van der Waals surface area contributed by atoms with E-state index in [1.165, 1.54) is 12.1 Å². The number of anilines is 1. The van der Waals surface area contributed by atoms with Crippen LogP contribution in [0.1, 0.15) is 26.3 Å². The van der Waals surface area contributed by atoms with Crippen LogP contribution in [0, 0.1) is 6.92 Å². The van der Waals surface area contributed by atoms with Gasteiger partial charge >= 0.3 is 11.9 Å². The lowest BCUT2D eigenvalue weighted by Gasteiger charge is -2.14. The Balaban J connectivity index is 0.000000187. The molecule has 0 atom stereocenters. The van der Waals surface area contributed by atoms with Crippen molar-refractivity contribution >= 4 is 40.9 Å². The van der Waals surface area contributed by atoms with Crippen molar-refractivity contribution in [3.8, 4) is 0 Å². The minimum absolute atomic E-state index is 0.0111. The molecule has 0 aromatic heterocycles. The van der Waals surface area contributed by atoms with E-state index >= 15 is 0 Å². The fourth-order valence-corrected chi connectivity index (χ4v) is 2.53. The zero-order valence-corrected chi connectivity index (χ0v) is 14.6. The molecule has 0 unspecified atom stereocenters. The molecule has 0 spiro atoms. The summed E-state index contributed by atoms with van der Waals surface area (Å²) in [6, 6.07) is 13.6. The zero-order valence-electron chi connectivity index (χ0n) is 13.8. The lowest BCUT2D eigenvalue weighted by Crippen LogP contribution is -2.27. The van der Waals surface area contributed by atoms with E-state index in [9.17, 15) is 14.4 Å². The van der Waals surface area contributed by atoms with Gasteiger partial charge in [-0.3, -0.25) is 4.79 Å². The highest BCUT2D eigenvalue weighted by molar-refractivity contribution is 7.80. The molecule has 1 fully saturated rings. The number of nitrogens with one attached hydrogen (secondary N) is 1. The molecule has 1 aliphatic heterocycles. The van der Waals surface area contributed by atoms with Crippen LogP contribution in [0.5, 0.6) is 0 Å². The molecule has 26 heavy (non-hydrogen) atoms. The Morgan fingerprint density at radius 3 is 2.23 bits per heavy atom. The van der Waals surface area contributed by atoms with Gasteiger partial charge in [-0.1, -0.05) is 24.3 Å². The van der Waals surface area contributed by atoms with Gasteiger partial charge in [0.25, 0.3) is 0 Å². The van der Waals surface area contributed by atoms with Gasteiger partial charge in [-0.05, 0) is 49.0 Å². The Hall–Kier alpha value is -3.26. The Labute approximate surface area is 154 Å². The van der Waals surface area contributed by atoms with Gasteiger partial charge in [0.05, 0.1) is 11.1 Å². The molecule has 0 saturated carbocycles. The summed E-state index contributed by atoms with van der Waals surface area (Å²) in [4.78, 5) is 33.9. The number of rotatable bonds is 3. The first kappa shape index (κ1) is 19.1. The Kier molecular flexibility index (Phi) is 6.03. The van der Waals surface area contributed by atoms with Crippen molar-refractivity contribution in [1.29, 1.82) is 0 Å². The second-order valence-electron chi connectivity index (χ2n) is 5.42. The Morgan fingerprint density at radius 2 is 1.73 bits per heavy atom. The summed E-state index contributed by atoms with van der Waals surface area (Å²) in [5.41, 5.74) is 1.52. The summed E-state index contributed by atoms with van der Waals surface area (Å²) in [7, 11) is 0. The number of carbonyl (C=O) groups excluding carboxylic acids is 1. The summed E-state index contributed by atoms with van der Waals surface area (Å²) in [5.74, 6) is -2.28. The van der Waals surface area contributed by atoms with E-state index in [0.29, 0.717) is 17.2 Å². The Bertz CT molecular complexity index is 867. The predicted molar refractivity (Wildman–Crippen MR) is 99.6 cm³/mol. The summed E-state index contributed by atoms with van der Waals surface area (Å²) in [6.45, 7) is 1.94. The number of nitrogens with zero attached hydrogens (tertiary/aromatic N) is 1. The fourth-order valence-electron chi connectivity index (χ4n) is 2.24. The second-order valence-corrected chi connectivity index (χ2v) is 5.80. The first-order valence-corrected chi connectivity index (χ1v) is 7.94. The highest BCUT2D eigenvalue weighted by Crippen LogP contribution is 2.15. The maximum absolute atomic E-state index is 11.0. The Morgan fingerprint density at radius 1 is 1.08 bits per heavy atom. The molecule has 0 bridgehead atoms. The number of aryl methyl sites for hydroxylation is 1. The van der Waals surface area contributed by atoms with Crippen LogP contribution in [0.4, 0.5) is 5.69 Å². The van der Waals surface area contributed by atoms with Crippen molar-refractivity contribution in [1.82, 2.24) is 5.32 Å². The van der Waals surface area contributed by atoms with Crippen LogP contribution in [-0.2, 0) is 4.79 Å². The SMILES string of the molecule is Cc1ccc(C(=O)O)cc1C(=O)O.O=C1CN(c2ccccc2)C(=S)N1. The largest absolute Gasteiger partial charge is 0.478 e. The molecule has 3 N–H and O–H groups in total. The van der Waals surface area contributed by atoms with Gasteiger partial charge < -0.3 is 20.4 Å². The number of thiocarbonyl (C=S) groups is 1. The molecule has 1 heterocycles. The number of carbonyl (C=O) groups is 3. The maximum Gasteiger partial charge on any atom is 0.335 e. The van der Waals surface area contributed by atoms with Crippen molar-refractivity contribution in [3.63, 3.8) is 0 Å². The van der Waals surface area contributed by atoms with Crippen LogP contribution in [0.3, 0.4) is 0 Å². The molecule has 7 nitrogen and oxygen atoms in total. The molecule has 3 rings (SSSR count). The lowest BCUT2D eigenvalue weighted by molar-refractivity contribution is -0.117. The number of benzene rings is 2. The lowest BCUT2D eigenvalue weighted by atomic mass is 10.1. The van der Waals surface area contributed by atoms with Crippen LogP contribution in [0.2, 0.25) is 0 Å². The number of aromatic carboxylic acids is 2. The van der Waals surface area contributed by atoms with Gasteiger partial charge in [-0.25, -0.2) is 9.59 Å². The van der Waals surface area contributed by atoms with Crippen molar-refractivity contribution < 1.29 is 24.6 Å². The standard InChI is InChI=1S/C9H8N2OS.C9H8O4/c12-8-6-11(9(13)10-8)7-4-2-1-3-5-7;1-5-2-3-6(8(10)11)4-7(5)9(12)13/h1-5H,6H2,(H,10,12,13);2-4H,1H3,(H,10,11)(H,12,13). The first-order chi connectivity index (χ1) is 12.3. The van der Waals surface area contributed by atoms with Gasteiger partial charge in [-0.2, -0.15) is 0 Å². The smallest absolute Gasteiger partial charge is 0.335 e. The number of hydrogen-bond donors (Lipinski definition) is 3. The topological polar surface area (TPSA) is 107 Å². The van der Waals surface area contributed by atoms with Gasteiger partial charge in [-0.15, -0.1) is 0 Å². The van der Waals surface area contributed by atoms with E-state index in [4.69, 9.17) is 22.4 Å². The van der Waals surface area contributed by atoms with Gasteiger partial charge in [0, 0.05) is 5.69 Å². The molecular formula is C18H16N2O5S. The van der Waals surface area contributed by atoms with E-state index in [1.807, 2.05) is 30.3 Å². The van der Waals surface area contributed by atoms with Crippen LogP contribution < -0.4 is 10.2 Å². The molecule has 0 radical (unpaired) electrons. The number of carboxylic acids is 2. The third-order valence-corrected chi connectivity index (χ3v) is 3.90. The number of para-hydroxylation sites is 1. The zero-order chi connectivity index (χ0) is 19.3. The van der Waals surface area contributed by atoms with Crippen molar-refractivity contribution in [2.75, 3.05) is 11.4 Å². The molecule has 2 aromatic carbocycles. The monoisotopic (exact) mass is 372 g/mol. The van der Waals surface area contributed by atoms with Crippen LogP contribution in [0.15, 0.2) is 48.5 Å².